The predicted molar refractivity (Wildman–Crippen MR) is 96.7 cm³/mol. The molecule has 1 heterocycles. The fourth-order valence-electron chi connectivity index (χ4n) is 2.85. The van der Waals surface area contributed by atoms with Crippen molar-refractivity contribution >= 4 is 21.4 Å². The third kappa shape index (κ3) is 4.70. The van der Waals surface area contributed by atoms with E-state index >= 15 is 0 Å². The Hall–Kier alpha value is -2.12. The molecule has 2 aromatic carbocycles. The molecular weight excluding hydrogens is 343 g/mol. The van der Waals surface area contributed by atoms with E-state index in [9.17, 15) is 12.8 Å². The number of nitrogens with one attached hydrogen (secondary N) is 1. The van der Waals surface area contributed by atoms with Crippen molar-refractivity contribution in [2.45, 2.75) is 18.7 Å². The minimum absolute atomic E-state index is 0.199. The summed E-state index contributed by atoms with van der Waals surface area (Å²) in [6.45, 7) is 4.29. The third-order valence-corrected chi connectivity index (χ3v) is 5.37. The van der Waals surface area contributed by atoms with E-state index in [-0.39, 0.29) is 17.6 Å². The number of halogens is 1. The van der Waals surface area contributed by atoms with Gasteiger partial charge in [0.15, 0.2) is 0 Å². The highest BCUT2D eigenvalue weighted by atomic mass is 32.2. The highest BCUT2D eigenvalue weighted by molar-refractivity contribution is 7.91. The van der Waals surface area contributed by atoms with Gasteiger partial charge in [0, 0.05) is 24.0 Å². The molecule has 0 saturated carbocycles. The van der Waals surface area contributed by atoms with Crippen molar-refractivity contribution < 1.29 is 17.5 Å². The van der Waals surface area contributed by atoms with Gasteiger partial charge in [0.25, 0.3) is 0 Å². The Balaban J connectivity index is 1.66. The highest BCUT2D eigenvalue weighted by Gasteiger charge is 2.19. The van der Waals surface area contributed by atoms with Crippen LogP contribution in [0.15, 0.2) is 48.5 Å². The summed E-state index contributed by atoms with van der Waals surface area (Å²) in [6.07, 6.45) is 0. The number of nitrogens with zero attached hydrogens (tertiary/aromatic N) is 1. The van der Waals surface area contributed by atoms with Crippen molar-refractivity contribution in [3.8, 4) is 0 Å². The summed E-state index contributed by atoms with van der Waals surface area (Å²) in [5.74, 6) is -0.586. The first kappa shape index (κ1) is 17.7. The molecule has 1 atom stereocenters. The molecule has 0 aromatic heterocycles. The van der Waals surface area contributed by atoms with E-state index < -0.39 is 10.0 Å². The van der Waals surface area contributed by atoms with Crippen LogP contribution in [-0.4, -0.2) is 34.2 Å². The van der Waals surface area contributed by atoms with Crippen molar-refractivity contribution in [3.63, 3.8) is 0 Å². The molecule has 1 fully saturated rings. The van der Waals surface area contributed by atoms with Gasteiger partial charge in [-0.2, -0.15) is 0 Å². The lowest BCUT2D eigenvalue weighted by atomic mass is 10.2. The number of ether oxygens (including phenoxy) is 1. The Morgan fingerprint density at radius 1 is 1.16 bits per heavy atom. The first-order valence-corrected chi connectivity index (χ1v) is 9.77. The Labute approximate surface area is 147 Å². The van der Waals surface area contributed by atoms with Gasteiger partial charge >= 0.3 is 0 Å². The SMILES string of the molecule is CC1COCCN1c1ccc(NS(=O)(=O)Cc2ccc(F)cc2)cc1. The largest absolute Gasteiger partial charge is 0.377 e. The van der Waals surface area contributed by atoms with Gasteiger partial charge in [-0.1, -0.05) is 12.1 Å². The standard InChI is InChI=1S/C18H21FN2O3S/c1-14-12-24-11-10-21(14)18-8-6-17(7-9-18)20-25(22,23)13-15-2-4-16(19)5-3-15/h2-9,14,20H,10-13H2,1H3. The monoisotopic (exact) mass is 364 g/mol. The molecule has 5 nitrogen and oxygen atoms in total. The second-order valence-electron chi connectivity index (χ2n) is 6.15. The molecule has 0 spiro atoms. The zero-order valence-electron chi connectivity index (χ0n) is 14.0. The Bertz CT molecular complexity index is 807. The van der Waals surface area contributed by atoms with Crippen LogP contribution >= 0.6 is 0 Å². The van der Waals surface area contributed by atoms with Gasteiger partial charge in [0.05, 0.1) is 19.0 Å². The minimum atomic E-state index is -3.56. The minimum Gasteiger partial charge on any atom is -0.377 e. The molecule has 7 heteroatoms. The van der Waals surface area contributed by atoms with Gasteiger partial charge in [0.2, 0.25) is 10.0 Å². The molecular formula is C18H21FN2O3S. The second-order valence-corrected chi connectivity index (χ2v) is 7.87. The quantitative estimate of drug-likeness (QED) is 0.886. The lowest BCUT2D eigenvalue weighted by Gasteiger charge is -2.35. The molecule has 134 valence electrons. The topological polar surface area (TPSA) is 58.6 Å². The summed E-state index contributed by atoms with van der Waals surface area (Å²) < 4.78 is 45.4. The maximum absolute atomic E-state index is 12.9. The molecule has 0 bridgehead atoms. The average Bonchev–Trinajstić information content (AvgIpc) is 2.58. The van der Waals surface area contributed by atoms with Gasteiger partial charge in [-0.25, -0.2) is 12.8 Å². The van der Waals surface area contributed by atoms with E-state index in [0.29, 0.717) is 24.5 Å². The molecule has 0 radical (unpaired) electrons. The van der Waals surface area contributed by atoms with Crippen LogP contribution in [0.3, 0.4) is 0 Å². The van der Waals surface area contributed by atoms with Crippen molar-refractivity contribution in [3.05, 3.63) is 59.9 Å². The van der Waals surface area contributed by atoms with Crippen LogP contribution in [0.2, 0.25) is 0 Å². The molecule has 2 aromatic rings. The smallest absolute Gasteiger partial charge is 0.236 e. The van der Waals surface area contributed by atoms with Crippen LogP contribution in [0.5, 0.6) is 0 Å². The number of hydrogen-bond donors (Lipinski definition) is 1. The molecule has 1 unspecified atom stereocenters. The third-order valence-electron chi connectivity index (χ3n) is 4.11. The summed E-state index contributed by atoms with van der Waals surface area (Å²) >= 11 is 0. The number of morpholine rings is 1. The predicted octanol–water partition coefficient (Wildman–Crippen LogP) is 2.99. The summed E-state index contributed by atoms with van der Waals surface area (Å²) in [5, 5.41) is 0. The van der Waals surface area contributed by atoms with Crippen LogP contribution in [-0.2, 0) is 20.5 Å². The van der Waals surface area contributed by atoms with Gasteiger partial charge in [-0.15, -0.1) is 0 Å². The first-order valence-electron chi connectivity index (χ1n) is 8.12. The first-order chi connectivity index (χ1) is 11.9. The van der Waals surface area contributed by atoms with Crippen molar-refractivity contribution in [1.29, 1.82) is 0 Å². The van der Waals surface area contributed by atoms with Crippen LogP contribution in [0.4, 0.5) is 15.8 Å². The molecule has 0 amide bonds. The molecule has 1 N–H and O–H groups in total. The number of sulfonamides is 1. The fraction of sp³-hybridized carbons (Fsp3) is 0.333. The number of anilines is 2. The van der Waals surface area contributed by atoms with E-state index in [2.05, 4.69) is 16.5 Å². The summed E-state index contributed by atoms with van der Waals surface area (Å²) in [7, 11) is -3.56. The lowest BCUT2D eigenvalue weighted by Crippen LogP contribution is -2.43. The van der Waals surface area contributed by atoms with Crippen LogP contribution in [0.25, 0.3) is 0 Å². The Kier molecular flexibility index (Phi) is 5.24. The fourth-order valence-corrected chi connectivity index (χ4v) is 4.05. The van der Waals surface area contributed by atoms with Crippen LogP contribution in [0.1, 0.15) is 12.5 Å². The van der Waals surface area contributed by atoms with E-state index in [1.807, 2.05) is 12.1 Å². The van der Waals surface area contributed by atoms with Gasteiger partial charge in [-0.3, -0.25) is 4.72 Å². The number of benzene rings is 2. The second kappa shape index (κ2) is 7.41. The summed E-state index contributed by atoms with van der Waals surface area (Å²) in [6, 6.07) is 13.0. The maximum atomic E-state index is 12.9. The zero-order chi connectivity index (χ0) is 17.9. The lowest BCUT2D eigenvalue weighted by molar-refractivity contribution is 0.0989. The van der Waals surface area contributed by atoms with E-state index in [1.165, 1.54) is 24.3 Å². The zero-order valence-corrected chi connectivity index (χ0v) is 14.8. The van der Waals surface area contributed by atoms with Crippen LogP contribution < -0.4 is 9.62 Å². The van der Waals surface area contributed by atoms with Gasteiger partial charge < -0.3 is 9.64 Å². The van der Waals surface area contributed by atoms with Crippen molar-refractivity contribution in [2.75, 3.05) is 29.4 Å². The van der Waals surface area contributed by atoms with E-state index in [1.54, 1.807) is 12.1 Å². The summed E-state index contributed by atoms with van der Waals surface area (Å²) in [5.41, 5.74) is 2.08. The van der Waals surface area contributed by atoms with E-state index in [0.717, 1.165) is 12.2 Å². The molecule has 3 rings (SSSR count). The highest BCUT2D eigenvalue weighted by Crippen LogP contribution is 2.22. The molecule has 1 aliphatic rings. The Morgan fingerprint density at radius 3 is 2.48 bits per heavy atom. The van der Waals surface area contributed by atoms with Crippen molar-refractivity contribution in [1.82, 2.24) is 0 Å². The van der Waals surface area contributed by atoms with Crippen molar-refractivity contribution in [2.24, 2.45) is 0 Å². The molecule has 25 heavy (non-hydrogen) atoms. The van der Waals surface area contributed by atoms with E-state index in [4.69, 9.17) is 4.74 Å². The number of rotatable bonds is 5. The van der Waals surface area contributed by atoms with Crippen LogP contribution in [0, 0.1) is 5.82 Å². The average molecular weight is 364 g/mol. The summed E-state index contributed by atoms with van der Waals surface area (Å²) in [4.78, 5) is 2.24. The van der Waals surface area contributed by atoms with Gasteiger partial charge in [-0.05, 0) is 48.9 Å². The molecule has 1 saturated heterocycles. The maximum Gasteiger partial charge on any atom is 0.236 e. The van der Waals surface area contributed by atoms with Gasteiger partial charge in [0.1, 0.15) is 5.82 Å². The number of hydrogen-bond acceptors (Lipinski definition) is 4. The Morgan fingerprint density at radius 2 is 1.84 bits per heavy atom. The molecule has 1 aliphatic heterocycles. The normalized spacial score (nSPS) is 18.2. The molecule has 0 aliphatic carbocycles.